The van der Waals surface area contributed by atoms with Gasteiger partial charge in [0.25, 0.3) is 0 Å². The fourth-order valence-electron chi connectivity index (χ4n) is 2.69. The molecule has 0 bridgehead atoms. The van der Waals surface area contributed by atoms with Crippen LogP contribution < -0.4 is 5.32 Å². The van der Waals surface area contributed by atoms with Gasteiger partial charge in [0, 0.05) is 6.42 Å². The third kappa shape index (κ3) is 2.80. The Hall–Kier alpha value is -0.610. The van der Waals surface area contributed by atoms with Crippen LogP contribution in [-0.2, 0) is 9.53 Å². The number of hydrogen-bond donors (Lipinski definition) is 2. The molecule has 98 valence electrons. The molecule has 0 radical (unpaired) electrons. The van der Waals surface area contributed by atoms with Crippen LogP contribution in [0.3, 0.4) is 0 Å². The van der Waals surface area contributed by atoms with Crippen LogP contribution in [0.2, 0.25) is 0 Å². The van der Waals surface area contributed by atoms with Gasteiger partial charge in [-0.1, -0.05) is 6.92 Å². The zero-order valence-electron chi connectivity index (χ0n) is 10.6. The molecule has 2 unspecified atom stereocenters. The van der Waals surface area contributed by atoms with Gasteiger partial charge in [0.1, 0.15) is 5.54 Å². The van der Waals surface area contributed by atoms with E-state index in [9.17, 15) is 9.90 Å². The highest BCUT2D eigenvalue weighted by atomic mass is 16.5. The smallest absolute Gasteiger partial charge is 0.323 e. The molecule has 17 heavy (non-hydrogen) atoms. The van der Waals surface area contributed by atoms with Crippen LogP contribution in [0, 0.1) is 0 Å². The van der Waals surface area contributed by atoms with E-state index in [1.165, 1.54) is 6.42 Å². The average molecular weight is 241 g/mol. The first-order valence-electron chi connectivity index (χ1n) is 6.80. The molecule has 4 nitrogen and oxygen atoms in total. The van der Waals surface area contributed by atoms with Gasteiger partial charge in [-0.25, -0.2) is 0 Å². The first-order chi connectivity index (χ1) is 8.16. The van der Waals surface area contributed by atoms with Gasteiger partial charge < -0.3 is 15.2 Å². The molecular formula is C13H23NO3. The lowest BCUT2D eigenvalue weighted by molar-refractivity contribution is -0.145. The van der Waals surface area contributed by atoms with Gasteiger partial charge in [-0.2, -0.15) is 0 Å². The molecule has 2 saturated carbocycles. The Balaban J connectivity index is 1.88. The van der Waals surface area contributed by atoms with Gasteiger partial charge in [-0.15, -0.1) is 0 Å². The number of nitrogens with one attached hydrogen (secondary N) is 1. The minimum Gasteiger partial charge on any atom is -0.480 e. The van der Waals surface area contributed by atoms with Gasteiger partial charge in [-0.3, -0.25) is 4.79 Å². The number of hydrogen-bond acceptors (Lipinski definition) is 3. The number of carbonyl (C=O) groups is 1. The molecule has 2 aliphatic rings. The number of carboxylic acids is 1. The summed E-state index contributed by atoms with van der Waals surface area (Å²) in [5.41, 5.74) is -0.732. The lowest BCUT2D eigenvalue weighted by Gasteiger charge is -2.30. The molecule has 4 heteroatoms. The van der Waals surface area contributed by atoms with Crippen molar-refractivity contribution in [3.05, 3.63) is 0 Å². The van der Waals surface area contributed by atoms with Crippen LogP contribution in [0.1, 0.15) is 51.9 Å². The Morgan fingerprint density at radius 2 is 2.18 bits per heavy atom. The average Bonchev–Trinajstić information content (AvgIpc) is 2.66. The second-order valence-electron chi connectivity index (χ2n) is 5.37. The third-order valence-electron chi connectivity index (χ3n) is 4.03. The van der Waals surface area contributed by atoms with Crippen molar-refractivity contribution in [2.24, 2.45) is 0 Å². The van der Waals surface area contributed by atoms with Crippen LogP contribution in [-0.4, -0.2) is 35.4 Å². The minimum atomic E-state index is -0.732. The molecule has 2 rings (SSSR count). The van der Waals surface area contributed by atoms with E-state index >= 15 is 0 Å². The number of ether oxygens (including phenoxy) is 1. The number of aliphatic carboxylic acids is 1. The lowest BCUT2D eigenvalue weighted by atomic mass is 9.95. The Bertz CT molecular complexity index is 278. The summed E-state index contributed by atoms with van der Waals surface area (Å²) in [5.74, 6) is -0.717. The van der Waals surface area contributed by atoms with Crippen molar-refractivity contribution < 1.29 is 14.6 Å². The van der Waals surface area contributed by atoms with Crippen molar-refractivity contribution in [3.63, 3.8) is 0 Å². The van der Waals surface area contributed by atoms with Gasteiger partial charge in [0.2, 0.25) is 0 Å². The number of rotatable bonds is 6. The van der Waals surface area contributed by atoms with E-state index in [0.717, 1.165) is 32.2 Å². The predicted molar refractivity (Wildman–Crippen MR) is 65.0 cm³/mol. The maximum atomic E-state index is 11.4. The molecule has 2 N–H and O–H groups in total. The molecule has 0 aliphatic heterocycles. The fraction of sp³-hybridized carbons (Fsp3) is 0.923. The second-order valence-corrected chi connectivity index (χ2v) is 5.37. The van der Waals surface area contributed by atoms with E-state index in [1.807, 2.05) is 0 Å². The van der Waals surface area contributed by atoms with E-state index in [0.29, 0.717) is 18.9 Å². The van der Waals surface area contributed by atoms with E-state index in [4.69, 9.17) is 4.74 Å². The summed E-state index contributed by atoms with van der Waals surface area (Å²) in [5, 5.41) is 12.6. The Morgan fingerprint density at radius 3 is 2.71 bits per heavy atom. The van der Waals surface area contributed by atoms with Crippen molar-refractivity contribution >= 4 is 5.97 Å². The van der Waals surface area contributed by atoms with Crippen LogP contribution in [0.5, 0.6) is 0 Å². The largest absolute Gasteiger partial charge is 0.480 e. The summed E-state index contributed by atoms with van der Waals surface area (Å²) in [6.07, 6.45) is 7.26. The molecular weight excluding hydrogens is 218 g/mol. The standard InChI is InChI=1S/C13H23NO3/c1-2-8-14-13(12(15)16)7-6-11(9-13)17-10-4-3-5-10/h10-11,14H,2-9H2,1H3,(H,15,16). The monoisotopic (exact) mass is 241 g/mol. The summed E-state index contributed by atoms with van der Waals surface area (Å²) >= 11 is 0. The van der Waals surface area contributed by atoms with Crippen molar-refractivity contribution in [3.8, 4) is 0 Å². The molecule has 0 saturated heterocycles. The first-order valence-corrected chi connectivity index (χ1v) is 6.80. The van der Waals surface area contributed by atoms with Gasteiger partial charge in [-0.05, 0) is 45.1 Å². The summed E-state index contributed by atoms with van der Waals surface area (Å²) < 4.78 is 5.93. The normalized spacial score (nSPS) is 33.6. The number of carboxylic acid groups (broad SMARTS) is 1. The van der Waals surface area contributed by atoms with E-state index < -0.39 is 11.5 Å². The highest BCUT2D eigenvalue weighted by Crippen LogP contribution is 2.35. The SMILES string of the molecule is CCCNC1(C(=O)O)CCC(OC2CCC2)C1. The fourth-order valence-corrected chi connectivity index (χ4v) is 2.69. The molecule has 0 spiro atoms. The Labute approximate surface area is 103 Å². The Kier molecular flexibility index (Phi) is 4.05. The molecule has 2 aliphatic carbocycles. The van der Waals surface area contributed by atoms with Crippen molar-refractivity contribution in [1.82, 2.24) is 5.32 Å². The van der Waals surface area contributed by atoms with Crippen molar-refractivity contribution in [2.45, 2.75) is 69.6 Å². The molecule has 0 amide bonds. The maximum Gasteiger partial charge on any atom is 0.323 e. The quantitative estimate of drug-likeness (QED) is 0.746. The molecule has 2 fully saturated rings. The zero-order chi connectivity index (χ0) is 12.3. The molecule has 0 aromatic heterocycles. The van der Waals surface area contributed by atoms with E-state index in [-0.39, 0.29) is 6.10 Å². The summed E-state index contributed by atoms with van der Waals surface area (Å²) in [6.45, 7) is 2.82. The maximum absolute atomic E-state index is 11.4. The van der Waals surface area contributed by atoms with Crippen molar-refractivity contribution in [1.29, 1.82) is 0 Å². The molecule has 0 aromatic carbocycles. The highest BCUT2D eigenvalue weighted by molar-refractivity contribution is 5.79. The third-order valence-corrected chi connectivity index (χ3v) is 4.03. The predicted octanol–water partition coefficient (Wildman–Crippen LogP) is 1.93. The molecule has 2 atom stereocenters. The van der Waals surface area contributed by atoms with Crippen LogP contribution in [0.15, 0.2) is 0 Å². The summed E-state index contributed by atoms with van der Waals surface area (Å²) in [4.78, 5) is 11.4. The van der Waals surface area contributed by atoms with Gasteiger partial charge in [0.05, 0.1) is 12.2 Å². The van der Waals surface area contributed by atoms with Crippen LogP contribution in [0.25, 0.3) is 0 Å². The molecule has 0 aromatic rings. The van der Waals surface area contributed by atoms with Gasteiger partial charge in [0.15, 0.2) is 0 Å². The van der Waals surface area contributed by atoms with Crippen LogP contribution >= 0.6 is 0 Å². The lowest BCUT2D eigenvalue weighted by Crippen LogP contribution is -2.51. The second kappa shape index (κ2) is 5.36. The van der Waals surface area contributed by atoms with Crippen molar-refractivity contribution in [2.75, 3.05) is 6.54 Å². The van der Waals surface area contributed by atoms with Crippen LogP contribution in [0.4, 0.5) is 0 Å². The summed E-state index contributed by atoms with van der Waals surface area (Å²) in [7, 11) is 0. The van der Waals surface area contributed by atoms with E-state index in [2.05, 4.69) is 12.2 Å². The van der Waals surface area contributed by atoms with E-state index in [1.54, 1.807) is 0 Å². The zero-order valence-corrected chi connectivity index (χ0v) is 10.6. The highest BCUT2D eigenvalue weighted by Gasteiger charge is 2.46. The summed E-state index contributed by atoms with van der Waals surface area (Å²) in [6, 6.07) is 0. The Morgan fingerprint density at radius 1 is 1.41 bits per heavy atom. The van der Waals surface area contributed by atoms with Gasteiger partial charge >= 0.3 is 5.97 Å². The topological polar surface area (TPSA) is 58.6 Å². The minimum absolute atomic E-state index is 0.140. The first kappa shape index (κ1) is 12.8. The molecule has 0 heterocycles.